The van der Waals surface area contributed by atoms with Gasteiger partial charge in [0.15, 0.2) is 0 Å². The fourth-order valence-corrected chi connectivity index (χ4v) is 2.79. The van der Waals surface area contributed by atoms with Crippen LogP contribution in [0.4, 0.5) is 4.39 Å². The highest BCUT2D eigenvalue weighted by atomic mass is 19.1. The standard InChI is InChI=1S/C22H25FO4/c1-27-22(26)15-21(25)14-20(24)13-10-18-5-3-2-4-17(18)9-6-16-7-11-19(23)12-8-16/h2-5,7-8,10-13,20-21,24-25H,6,9,14-15H2,1H3/b13-10+/t20-,21-/m1/s1. The number of benzene rings is 2. The van der Waals surface area contributed by atoms with Crippen molar-refractivity contribution < 1.29 is 24.1 Å². The zero-order valence-corrected chi connectivity index (χ0v) is 15.3. The first-order chi connectivity index (χ1) is 13.0. The molecule has 0 saturated heterocycles. The van der Waals surface area contributed by atoms with Gasteiger partial charge < -0.3 is 14.9 Å². The molecule has 0 unspecified atom stereocenters. The summed E-state index contributed by atoms with van der Waals surface area (Å²) in [4.78, 5) is 11.1. The minimum absolute atomic E-state index is 0.0589. The molecule has 0 fully saturated rings. The monoisotopic (exact) mass is 372 g/mol. The molecule has 0 saturated carbocycles. The molecule has 5 heteroatoms. The summed E-state index contributed by atoms with van der Waals surface area (Å²) in [5, 5.41) is 19.8. The summed E-state index contributed by atoms with van der Waals surface area (Å²) < 4.78 is 17.5. The summed E-state index contributed by atoms with van der Waals surface area (Å²) in [5.41, 5.74) is 3.14. The summed E-state index contributed by atoms with van der Waals surface area (Å²) in [6.45, 7) is 0. The van der Waals surface area contributed by atoms with E-state index in [1.807, 2.05) is 30.3 Å². The van der Waals surface area contributed by atoms with Gasteiger partial charge in [-0.15, -0.1) is 0 Å². The first-order valence-electron chi connectivity index (χ1n) is 8.91. The van der Waals surface area contributed by atoms with Crippen LogP contribution in [0, 0.1) is 5.82 Å². The number of hydrogen-bond donors (Lipinski definition) is 2. The molecule has 0 spiro atoms. The third-order valence-electron chi connectivity index (χ3n) is 4.29. The van der Waals surface area contributed by atoms with E-state index in [1.165, 1.54) is 19.2 Å². The van der Waals surface area contributed by atoms with Gasteiger partial charge in [-0.3, -0.25) is 4.79 Å². The van der Waals surface area contributed by atoms with E-state index >= 15 is 0 Å². The second-order valence-electron chi connectivity index (χ2n) is 6.42. The van der Waals surface area contributed by atoms with E-state index in [2.05, 4.69) is 4.74 Å². The fourth-order valence-electron chi connectivity index (χ4n) is 2.79. The number of aryl methyl sites for hydroxylation is 2. The molecule has 0 heterocycles. The van der Waals surface area contributed by atoms with Crippen molar-refractivity contribution in [3.8, 4) is 0 Å². The van der Waals surface area contributed by atoms with Crippen LogP contribution < -0.4 is 0 Å². The molecule has 144 valence electrons. The van der Waals surface area contributed by atoms with Crippen molar-refractivity contribution in [2.45, 2.75) is 37.9 Å². The normalized spacial score (nSPS) is 13.5. The van der Waals surface area contributed by atoms with Crippen LogP contribution in [0.5, 0.6) is 0 Å². The van der Waals surface area contributed by atoms with Gasteiger partial charge in [0.1, 0.15) is 5.82 Å². The van der Waals surface area contributed by atoms with Crippen molar-refractivity contribution in [1.82, 2.24) is 0 Å². The summed E-state index contributed by atoms with van der Waals surface area (Å²) in [6, 6.07) is 14.3. The molecule has 0 aliphatic heterocycles. The van der Waals surface area contributed by atoms with E-state index in [1.54, 1.807) is 18.2 Å². The quantitative estimate of drug-likeness (QED) is 0.663. The molecule has 2 rings (SSSR count). The van der Waals surface area contributed by atoms with Crippen LogP contribution in [0.2, 0.25) is 0 Å². The maximum absolute atomic E-state index is 13.0. The van der Waals surface area contributed by atoms with Crippen LogP contribution in [0.3, 0.4) is 0 Å². The number of halogens is 1. The summed E-state index contributed by atoms with van der Waals surface area (Å²) in [5.74, 6) is -0.754. The molecule has 0 aliphatic rings. The number of esters is 1. The molecule has 0 radical (unpaired) electrons. The molecule has 0 aromatic heterocycles. The van der Waals surface area contributed by atoms with Crippen molar-refractivity contribution in [3.63, 3.8) is 0 Å². The molecular formula is C22H25FO4. The third kappa shape index (κ3) is 7.33. The Labute approximate surface area is 158 Å². The highest BCUT2D eigenvalue weighted by Crippen LogP contribution is 2.16. The Morgan fingerprint density at radius 3 is 2.52 bits per heavy atom. The van der Waals surface area contributed by atoms with Crippen LogP contribution >= 0.6 is 0 Å². The predicted molar refractivity (Wildman–Crippen MR) is 103 cm³/mol. The number of aliphatic hydroxyl groups is 2. The molecule has 0 amide bonds. The van der Waals surface area contributed by atoms with Gasteiger partial charge in [0.2, 0.25) is 0 Å². The van der Waals surface area contributed by atoms with E-state index in [9.17, 15) is 19.4 Å². The maximum Gasteiger partial charge on any atom is 0.308 e. The first-order valence-corrected chi connectivity index (χ1v) is 8.91. The lowest BCUT2D eigenvalue weighted by Gasteiger charge is -2.12. The second-order valence-corrected chi connectivity index (χ2v) is 6.42. The molecule has 0 bridgehead atoms. The average Bonchev–Trinajstić information content (AvgIpc) is 2.66. The number of ether oxygens (including phenoxy) is 1. The second kappa shape index (κ2) is 10.6. The van der Waals surface area contributed by atoms with Crippen molar-refractivity contribution in [1.29, 1.82) is 0 Å². The van der Waals surface area contributed by atoms with Gasteiger partial charge in [-0.05, 0) is 41.7 Å². The highest BCUT2D eigenvalue weighted by Gasteiger charge is 2.14. The van der Waals surface area contributed by atoms with Crippen LogP contribution in [0.1, 0.15) is 29.5 Å². The van der Waals surface area contributed by atoms with Gasteiger partial charge in [0.25, 0.3) is 0 Å². The zero-order chi connectivity index (χ0) is 19.6. The van der Waals surface area contributed by atoms with Gasteiger partial charge in [-0.2, -0.15) is 0 Å². The van der Waals surface area contributed by atoms with Gasteiger partial charge in [0, 0.05) is 6.42 Å². The van der Waals surface area contributed by atoms with Crippen LogP contribution in [0.15, 0.2) is 54.6 Å². The summed E-state index contributed by atoms with van der Waals surface area (Å²) >= 11 is 0. The first kappa shape index (κ1) is 20.8. The summed E-state index contributed by atoms with van der Waals surface area (Å²) in [6.07, 6.45) is 3.09. The Morgan fingerprint density at radius 2 is 1.81 bits per heavy atom. The largest absolute Gasteiger partial charge is 0.469 e. The van der Waals surface area contributed by atoms with Crippen molar-refractivity contribution in [3.05, 3.63) is 77.1 Å². The van der Waals surface area contributed by atoms with Gasteiger partial charge in [0.05, 0.1) is 25.7 Å². The number of carbonyl (C=O) groups excluding carboxylic acids is 1. The predicted octanol–water partition coefficient (Wildman–Crippen LogP) is 3.30. The van der Waals surface area contributed by atoms with E-state index in [4.69, 9.17) is 0 Å². The van der Waals surface area contributed by atoms with Crippen LogP contribution in [-0.2, 0) is 22.4 Å². The van der Waals surface area contributed by atoms with Crippen LogP contribution in [0.25, 0.3) is 6.08 Å². The zero-order valence-electron chi connectivity index (χ0n) is 15.3. The molecule has 0 aliphatic carbocycles. The smallest absolute Gasteiger partial charge is 0.308 e. The molecule has 27 heavy (non-hydrogen) atoms. The number of methoxy groups -OCH3 is 1. The minimum Gasteiger partial charge on any atom is -0.469 e. The van der Waals surface area contributed by atoms with Crippen molar-refractivity contribution in [2.75, 3.05) is 7.11 Å². The van der Waals surface area contributed by atoms with Gasteiger partial charge in [-0.1, -0.05) is 48.6 Å². The Balaban J connectivity index is 1.94. The van der Waals surface area contributed by atoms with Gasteiger partial charge in [-0.25, -0.2) is 4.39 Å². The Hall–Kier alpha value is -2.50. The van der Waals surface area contributed by atoms with E-state index in [0.717, 1.165) is 29.5 Å². The van der Waals surface area contributed by atoms with E-state index in [0.29, 0.717) is 0 Å². The summed E-state index contributed by atoms with van der Waals surface area (Å²) in [7, 11) is 1.26. The van der Waals surface area contributed by atoms with E-state index in [-0.39, 0.29) is 18.7 Å². The number of aliphatic hydroxyl groups excluding tert-OH is 2. The number of carbonyl (C=O) groups is 1. The minimum atomic E-state index is -0.953. The van der Waals surface area contributed by atoms with Crippen molar-refractivity contribution >= 4 is 12.0 Å². The lowest BCUT2D eigenvalue weighted by atomic mass is 9.99. The maximum atomic E-state index is 13.0. The third-order valence-corrected chi connectivity index (χ3v) is 4.29. The lowest BCUT2D eigenvalue weighted by molar-refractivity contribution is -0.143. The van der Waals surface area contributed by atoms with E-state index < -0.39 is 18.2 Å². The Kier molecular flexibility index (Phi) is 8.17. The Bertz CT molecular complexity index is 755. The average molecular weight is 372 g/mol. The van der Waals surface area contributed by atoms with Gasteiger partial charge >= 0.3 is 5.97 Å². The van der Waals surface area contributed by atoms with Crippen LogP contribution in [-0.4, -0.2) is 35.5 Å². The molecular weight excluding hydrogens is 347 g/mol. The SMILES string of the molecule is COC(=O)C[C@H](O)C[C@H](O)/C=C/c1ccccc1CCc1ccc(F)cc1. The molecule has 2 N–H and O–H groups in total. The topological polar surface area (TPSA) is 66.8 Å². The molecule has 4 nitrogen and oxygen atoms in total. The lowest BCUT2D eigenvalue weighted by Crippen LogP contribution is -2.20. The fraction of sp³-hybridized carbons (Fsp3) is 0.318. The number of rotatable bonds is 9. The molecule has 2 atom stereocenters. The molecule has 2 aromatic carbocycles. The molecule has 2 aromatic rings. The van der Waals surface area contributed by atoms with Crippen molar-refractivity contribution in [2.24, 2.45) is 0 Å². The number of hydrogen-bond acceptors (Lipinski definition) is 4. The highest BCUT2D eigenvalue weighted by molar-refractivity contribution is 5.69. The Morgan fingerprint density at radius 1 is 1.11 bits per heavy atom.